The number of hydrogen-bond acceptors (Lipinski definition) is 5. The first-order valence-electron chi connectivity index (χ1n) is 6.05. The lowest BCUT2D eigenvalue weighted by molar-refractivity contribution is 0.812. The molecule has 0 radical (unpaired) electrons. The maximum Gasteiger partial charge on any atom is 0.151 e. The number of rotatable bonds is 6. The van der Waals surface area contributed by atoms with E-state index >= 15 is 0 Å². The lowest BCUT2D eigenvalue weighted by Gasteiger charge is -2.08. The molecule has 18 heavy (non-hydrogen) atoms. The van der Waals surface area contributed by atoms with Gasteiger partial charge >= 0.3 is 0 Å². The second-order valence-electron chi connectivity index (χ2n) is 4.10. The average molecular weight is 246 g/mol. The average Bonchev–Trinajstić information content (AvgIpc) is 2.80. The van der Waals surface area contributed by atoms with Crippen LogP contribution in [0.1, 0.15) is 19.2 Å². The Balaban J connectivity index is 1.95. The van der Waals surface area contributed by atoms with Gasteiger partial charge < -0.3 is 15.2 Å². The Morgan fingerprint density at radius 1 is 1.22 bits per heavy atom. The van der Waals surface area contributed by atoms with E-state index in [0.29, 0.717) is 6.54 Å². The summed E-state index contributed by atoms with van der Waals surface area (Å²) in [5, 5.41) is 14.4. The molecular formula is C12H18N6. The van der Waals surface area contributed by atoms with Crippen LogP contribution in [0.3, 0.4) is 0 Å². The minimum absolute atomic E-state index is 0.634. The van der Waals surface area contributed by atoms with Crippen molar-refractivity contribution < 1.29 is 0 Å². The van der Waals surface area contributed by atoms with Crippen molar-refractivity contribution in [1.82, 2.24) is 19.7 Å². The first-order chi connectivity index (χ1) is 8.79. The number of aromatic nitrogens is 4. The van der Waals surface area contributed by atoms with Crippen molar-refractivity contribution in [2.75, 3.05) is 17.2 Å². The topological polar surface area (TPSA) is 67.7 Å². The van der Waals surface area contributed by atoms with Crippen LogP contribution in [0, 0.1) is 0 Å². The molecule has 0 aliphatic rings. The summed E-state index contributed by atoms with van der Waals surface area (Å²) in [7, 11) is 1.93. The van der Waals surface area contributed by atoms with Crippen molar-refractivity contribution in [3.8, 4) is 0 Å². The lowest BCUT2D eigenvalue weighted by Crippen LogP contribution is -2.06. The molecule has 0 unspecified atom stereocenters. The van der Waals surface area contributed by atoms with Crippen LogP contribution in [0.25, 0.3) is 0 Å². The molecule has 0 aliphatic carbocycles. The Hall–Kier alpha value is -2.11. The molecule has 0 atom stereocenters. The third-order valence-corrected chi connectivity index (χ3v) is 2.57. The minimum Gasteiger partial charge on any atom is -0.384 e. The first kappa shape index (κ1) is 12.3. The Kier molecular flexibility index (Phi) is 4.11. The van der Waals surface area contributed by atoms with Gasteiger partial charge in [0.05, 0.1) is 30.3 Å². The Labute approximate surface area is 106 Å². The maximum absolute atomic E-state index is 4.19. The van der Waals surface area contributed by atoms with Crippen molar-refractivity contribution in [3.63, 3.8) is 0 Å². The zero-order valence-electron chi connectivity index (χ0n) is 10.7. The molecule has 0 aliphatic heterocycles. The monoisotopic (exact) mass is 246 g/mol. The minimum atomic E-state index is 0.634. The van der Waals surface area contributed by atoms with Crippen LogP contribution in [-0.4, -0.2) is 26.3 Å². The van der Waals surface area contributed by atoms with E-state index < -0.39 is 0 Å². The Morgan fingerprint density at radius 2 is 2.00 bits per heavy atom. The number of anilines is 2. The Bertz CT molecular complexity index is 493. The van der Waals surface area contributed by atoms with Crippen LogP contribution < -0.4 is 10.6 Å². The predicted octanol–water partition coefficient (Wildman–Crippen LogP) is 1.64. The third kappa shape index (κ3) is 3.19. The van der Waals surface area contributed by atoms with E-state index in [1.807, 2.05) is 23.9 Å². The van der Waals surface area contributed by atoms with E-state index in [4.69, 9.17) is 0 Å². The molecule has 2 aromatic rings. The van der Waals surface area contributed by atoms with Gasteiger partial charge in [0.1, 0.15) is 6.33 Å². The zero-order valence-corrected chi connectivity index (χ0v) is 10.7. The zero-order chi connectivity index (χ0) is 12.8. The quantitative estimate of drug-likeness (QED) is 0.811. The predicted molar refractivity (Wildman–Crippen MR) is 71.3 cm³/mol. The van der Waals surface area contributed by atoms with Crippen LogP contribution in [0.2, 0.25) is 0 Å². The van der Waals surface area contributed by atoms with Gasteiger partial charge in [-0.25, -0.2) is 0 Å². The lowest BCUT2D eigenvalue weighted by atomic mass is 10.3. The van der Waals surface area contributed by atoms with Gasteiger partial charge in [0, 0.05) is 13.6 Å². The van der Waals surface area contributed by atoms with Gasteiger partial charge in [-0.15, -0.1) is 10.2 Å². The van der Waals surface area contributed by atoms with Gasteiger partial charge in [0.2, 0.25) is 0 Å². The van der Waals surface area contributed by atoms with Crippen molar-refractivity contribution in [2.24, 2.45) is 7.05 Å². The van der Waals surface area contributed by atoms with Gasteiger partial charge in [0.25, 0.3) is 0 Å². The molecular weight excluding hydrogens is 228 g/mol. The molecule has 2 aromatic heterocycles. The highest BCUT2D eigenvalue weighted by Gasteiger charge is 2.01. The second-order valence-corrected chi connectivity index (χ2v) is 4.10. The molecule has 6 heteroatoms. The van der Waals surface area contributed by atoms with Crippen molar-refractivity contribution in [3.05, 3.63) is 30.6 Å². The molecule has 2 heterocycles. The van der Waals surface area contributed by atoms with Crippen LogP contribution in [0.4, 0.5) is 11.4 Å². The van der Waals surface area contributed by atoms with E-state index in [1.165, 1.54) is 0 Å². The van der Waals surface area contributed by atoms with Crippen LogP contribution >= 0.6 is 0 Å². The van der Waals surface area contributed by atoms with Crippen LogP contribution in [0.5, 0.6) is 0 Å². The molecule has 0 amide bonds. The van der Waals surface area contributed by atoms with Gasteiger partial charge in [-0.1, -0.05) is 6.92 Å². The number of nitrogens with one attached hydrogen (secondary N) is 2. The number of aryl methyl sites for hydroxylation is 1. The smallest absolute Gasteiger partial charge is 0.151 e. The van der Waals surface area contributed by atoms with Crippen LogP contribution in [-0.2, 0) is 13.6 Å². The molecule has 96 valence electrons. The SMILES string of the molecule is CCCNc1cncc(NCc2nncn2C)c1. The summed E-state index contributed by atoms with van der Waals surface area (Å²) in [5.41, 5.74) is 2.00. The summed E-state index contributed by atoms with van der Waals surface area (Å²) < 4.78 is 1.89. The van der Waals surface area contributed by atoms with E-state index in [-0.39, 0.29) is 0 Å². The Morgan fingerprint density at radius 3 is 2.67 bits per heavy atom. The fourth-order valence-corrected chi connectivity index (χ4v) is 1.55. The fourth-order valence-electron chi connectivity index (χ4n) is 1.55. The normalized spacial score (nSPS) is 10.3. The third-order valence-electron chi connectivity index (χ3n) is 2.57. The summed E-state index contributed by atoms with van der Waals surface area (Å²) in [6, 6.07) is 2.04. The van der Waals surface area contributed by atoms with E-state index in [9.17, 15) is 0 Å². The van der Waals surface area contributed by atoms with Gasteiger partial charge in [-0.2, -0.15) is 0 Å². The molecule has 2 N–H and O–H groups in total. The molecule has 6 nitrogen and oxygen atoms in total. The number of pyridine rings is 1. The van der Waals surface area contributed by atoms with Gasteiger partial charge in [0.15, 0.2) is 5.82 Å². The highest BCUT2D eigenvalue weighted by Crippen LogP contribution is 2.13. The molecule has 0 saturated heterocycles. The fraction of sp³-hybridized carbons (Fsp3) is 0.417. The summed E-state index contributed by atoms with van der Waals surface area (Å²) >= 11 is 0. The van der Waals surface area contributed by atoms with Crippen LogP contribution in [0.15, 0.2) is 24.8 Å². The van der Waals surface area contributed by atoms with Gasteiger partial charge in [-0.3, -0.25) is 4.98 Å². The van der Waals surface area contributed by atoms with E-state index in [1.54, 1.807) is 12.5 Å². The first-order valence-corrected chi connectivity index (χ1v) is 6.05. The number of hydrogen-bond donors (Lipinski definition) is 2. The summed E-state index contributed by atoms with van der Waals surface area (Å²) in [6.45, 7) is 3.72. The standard InChI is InChI=1S/C12H18N6/c1-3-4-14-10-5-11(7-13-6-10)15-8-12-17-16-9-18(12)2/h5-7,9,14-15H,3-4,8H2,1-2H3. The molecule has 0 saturated carbocycles. The van der Waals surface area contributed by atoms with Crippen molar-refractivity contribution in [2.45, 2.75) is 19.9 Å². The molecule has 0 fully saturated rings. The summed E-state index contributed by atoms with van der Waals surface area (Å²) in [5.74, 6) is 0.891. The second kappa shape index (κ2) is 6.00. The molecule has 0 aromatic carbocycles. The van der Waals surface area contributed by atoms with Gasteiger partial charge in [-0.05, 0) is 12.5 Å². The van der Waals surface area contributed by atoms with Crippen molar-refractivity contribution >= 4 is 11.4 Å². The highest BCUT2D eigenvalue weighted by molar-refractivity contribution is 5.53. The molecule has 0 spiro atoms. The molecule has 2 rings (SSSR count). The highest BCUT2D eigenvalue weighted by atomic mass is 15.3. The summed E-state index contributed by atoms with van der Waals surface area (Å²) in [4.78, 5) is 4.19. The maximum atomic E-state index is 4.19. The number of nitrogens with zero attached hydrogens (tertiary/aromatic N) is 4. The molecule has 0 bridgehead atoms. The van der Waals surface area contributed by atoms with E-state index in [2.05, 4.69) is 32.7 Å². The van der Waals surface area contributed by atoms with E-state index in [0.717, 1.165) is 30.2 Å². The largest absolute Gasteiger partial charge is 0.384 e. The van der Waals surface area contributed by atoms with Crippen molar-refractivity contribution in [1.29, 1.82) is 0 Å². The summed E-state index contributed by atoms with van der Waals surface area (Å²) in [6.07, 6.45) is 6.40.